The fraction of sp³-hybridized carbons (Fsp3) is 0.679. The monoisotopic (exact) mass is 554 g/mol. The van der Waals surface area contributed by atoms with Crippen LogP contribution in [0.4, 0.5) is 4.79 Å². The van der Waals surface area contributed by atoms with Crippen LogP contribution < -0.4 is 0 Å². The number of fused-ring (bicyclic) bond motifs is 1. The van der Waals surface area contributed by atoms with Crippen molar-refractivity contribution in [2.75, 3.05) is 6.54 Å². The van der Waals surface area contributed by atoms with Gasteiger partial charge in [-0.2, -0.15) is 0 Å². The highest BCUT2D eigenvalue weighted by molar-refractivity contribution is 6.45. The Kier molecular flexibility index (Phi) is 8.54. The molecule has 216 valence electrons. The molecule has 1 aromatic carbocycles. The molecule has 2 aliphatic heterocycles. The lowest BCUT2D eigenvalue weighted by molar-refractivity contribution is -0.154. The van der Waals surface area contributed by atoms with Gasteiger partial charge in [-0.05, 0) is 83.6 Å². The van der Waals surface area contributed by atoms with Crippen molar-refractivity contribution in [3.8, 4) is 0 Å². The molecular formula is C28H39BN4O7. The number of nitrogens with zero attached hydrogens (tertiary/aromatic N) is 4. The highest BCUT2D eigenvalue weighted by Gasteiger charge is 2.64. The summed E-state index contributed by atoms with van der Waals surface area (Å²) in [4.78, 5) is 44.3. The molecule has 1 saturated carbocycles. The first kappa shape index (κ1) is 29.9. The largest absolute Gasteiger partial charge is 0.460 e. The predicted octanol–water partition coefficient (Wildman–Crippen LogP) is 5.29. The molecule has 0 bridgehead atoms. The van der Waals surface area contributed by atoms with Crippen LogP contribution in [0.5, 0.6) is 0 Å². The Labute approximate surface area is 235 Å². The lowest BCUT2D eigenvalue weighted by Gasteiger charge is -2.32. The number of ether oxygens (including phenoxy) is 2. The number of imide groups is 1. The van der Waals surface area contributed by atoms with Crippen molar-refractivity contribution in [1.82, 2.24) is 4.90 Å². The zero-order valence-electron chi connectivity index (χ0n) is 24.2. The van der Waals surface area contributed by atoms with Gasteiger partial charge in [-0.25, -0.2) is 9.69 Å². The second kappa shape index (κ2) is 11.4. The van der Waals surface area contributed by atoms with Gasteiger partial charge in [0.05, 0.1) is 11.7 Å². The highest BCUT2D eigenvalue weighted by atomic mass is 16.7. The molecule has 2 heterocycles. The molecule has 3 fully saturated rings. The maximum Gasteiger partial charge on any atom is 0.457 e. The molecule has 0 aromatic heterocycles. The van der Waals surface area contributed by atoms with Gasteiger partial charge in [-0.3, -0.25) is 9.59 Å². The van der Waals surface area contributed by atoms with Gasteiger partial charge < -0.3 is 18.8 Å². The van der Waals surface area contributed by atoms with E-state index in [0.717, 1.165) is 10.5 Å². The number of azide groups is 1. The molecule has 40 heavy (non-hydrogen) atoms. The van der Waals surface area contributed by atoms with E-state index in [1.165, 1.54) is 0 Å². The number of carbonyl (C=O) groups is 3. The first-order chi connectivity index (χ1) is 18.8. The van der Waals surface area contributed by atoms with E-state index < -0.39 is 53.7 Å². The minimum Gasteiger partial charge on any atom is -0.460 e. The number of hydrogen-bond donors (Lipinski definition) is 0. The predicted molar refractivity (Wildman–Crippen MR) is 147 cm³/mol. The lowest BCUT2D eigenvalue weighted by Crippen LogP contribution is -2.47. The molecular weight excluding hydrogens is 515 g/mol. The molecule has 5 atom stereocenters. The first-order valence-electron chi connectivity index (χ1n) is 13.9. The van der Waals surface area contributed by atoms with Gasteiger partial charge in [0.1, 0.15) is 17.7 Å². The quantitative estimate of drug-likeness (QED) is 0.140. The summed E-state index contributed by atoms with van der Waals surface area (Å²) in [6.07, 6.45) is 0.781. The number of benzene rings is 1. The maximum atomic E-state index is 13.7. The van der Waals surface area contributed by atoms with E-state index in [4.69, 9.17) is 18.8 Å². The summed E-state index contributed by atoms with van der Waals surface area (Å²) in [6, 6.07) is 9.22. The van der Waals surface area contributed by atoms with Gasteiger partial charge in [0.2, 0.25) is 5.91 Å². The highest BCUT2D eigenvalue weighted by Crippen LogP contribution is 2.54. The van der Waals surface area contributed by atoms with Crippen LogP contribution in [-0.2, 0) is 35.0 Å². The van der Waals surface area contributed by atoms with Crippen molar-refractivity contribution in [1.29, 1.82) is 0 Å². The third-order valence-electron chi connectivity index (χ3n) is 8.22. The second-order valence-corrected chi connectivity index (χ2v) is 12.6. The van der Waals surface area contributed by atoms with Gasteiger partial charge in [0.15, 0.2) is 0 Å². The minimum absolute atomic E-state index is 0.0130. The molecule has 0 N–H and O–H groups in total. The fourth-order valence-corrected chi connectivity index (χ4v) is 6.06. The third-order valence-corrected chi connectivity index (χ3v) is 8.22. The molecule has 1 unspecified atom stereocenters. The number of rotatable bonds is 8. The smallest absolute Gasteiger partial charge is 0.457 e. The van der Waals surface area contributed by atoms with Crippen molar-refractivity contribution in [3.63, 3.8) is 0 Å². The average Bonchev–Trinajstić information content (AvgIpc) is 3.45. The van der Waals surface area contributed by atoms with Crippen LogP contribution in [0.15, 0.2) is 35.4 Å². The van der Waals surface area contributed by atoms with Crippen LogP contribution in [0, 0.1) is 17.8 Å². The lowest BCUT2D eigenvalue weighted by atomic mass is 9.75. The zero-order valence-corrected chi connectivity index (χ0v) is 24.2. The van der Waals surface area contributed by atoms with Crippen molar-refractivity contribution in [2.24, 2.45) is 22.9 Å². The Hall–Kier alpha value is -3.08. The first-order valence-corrected chi connectivity index (χ1v) is 13.9. The molecule has 2 saturated heterocycles. The van der Waals surface area contributed by atoms with Gasteiger partial charge in [-0.1, -0.05) is 41.9 Å². The van der Waals surface area contributed by atoms with Crippen LogP contribution in [0.2, 0.25) is 6.32 Å². The van der Waals surface area contributed by atoms with Gasteiger partial charge in [0.25, 0.3) is 0 Å². The number of amides is 2. The second-order valence-electron chi connectivity index (χ2n) is 12.6. The molecule has 11 nitrogen and oxygen atoms in total. The van der Waals surface area contributed by atoms with Gasteiger partial charge in [-0.15, -0.1) is 0 Å². The van der Waals surface area contributed by atoms with Crippen LogP contribution in [-0.4, -0.2) is 59.4 Å². The summed E-state index contributed by atoms with van der Waals surface area (Å²) in [5.41, 5.74) is 7.60. The van der Waals surface area contributed by atoms with E-state index in [2.05, 4.69) is 10.0 Å². The Morgan fingerprint density at radius 1 is 1.25 bits per heavy atom. The average molecular weight is 554 g/mol. The fourth-order valence-electron chi connectivity index (χ4n) is 6.06. The number of esters is 1. The Bertz CT molecular complexity index is 1170. The van der Waals surface area contributed by atoms with E-state index in [1.54, 1.807) is 20.8 Å². The van der Waals surface area contributed by atoms with Crippen molar-refractivity contribution in [3.05, 3.63) is 46.3 Å². The normalized spacial score (nSPS) is 29.2. The number of carbonyl (C=O) groups excluding carboxylic acids is 3. The zero-order chi connectivity index (χ0) is 29.3. The Morgan fingerprint density at radius 2 is 1.95 bits per heavy atom. The summed E-state index contributed by atoms with van der Waals surface area (Å²) >= 11 is 0. The van der Waals surface area contributed by atoms with Gasteiger partial charge in [0, 0.05) is 17.4 Å². The van der Waals surface area contributed by atoms with Gasteiger partial charge >= 0.3 is 19.2 Å². The summed E-state index contributed by atoms with van der Waals surface area (Å²) < 4.78 is 23.1. The van der Waals surface area contributed by atoms with Crippen LogP contribution in [0.3, 0.4) is 0 Å². The maximum absolute atomic E-state index is 13.7. The van der Waals surface area contributed by atoms with Crippen LogP contribution >= 0.6 is 0 Å². The molecule has 1 aromatic rings. The molecule has 1 aliphatic carbocycles. The molecule has 12 heteroatoms. The Morgan fingerprint density at radius 3 is 2.55 bits per heavy atom. The molecule has 0 radical (unpaired) electrons. The molecule has 3 aliphatic rings. The van der Waals surface area contributed by atoms with E-state index in [1.807, 2.05) is 51.1 Å². The van der Waals surface area contributed by atoms with Crippen LogP contribution in [0.1, 0.15) is 66.4 Å². The standard InChI is InChI=1S/C28H39BN4O7/c1-18-27(5,6)40-29(39-18)14-10-13-21-22-20(16-33(23(22)34)25(36)38-26(2,3)4)15-28(21,31-32-30)24(35)37-17-19-11-8-7-9-12-19/h7-9,11-12,18,20-22H,10,13-17H2,1-6H3/t18?,20-,21-,22+,28-/m0/s1. The topological polar surface area (TPSA) is 140 Å². The van der Waals surface area contributed by atoms with Crippen LogP contribution in [0.25, 0.3) is 10.4 Å². The van der Waals surface area contributed by atoms with Crippen molar-refractivity contribution < 1.29 is 33.2 Å². The third kappa shape index (κ3) is 6.14. The van der Waals surface area contributed by atoms with Crippen molar-refractivity contribution >= 4 is 25.1 Å². The van der Waals surface area contributed by atoms with E-state index in [0.29, 0.717) is 19.2 Å². The SMILES string of the molecule is CC1OB(CCC[C@H]2[C@@H]3C(=O)N(C(=O)OC(C)(C)C)C[C@@H]3C[C@@]2(N=[N+]=[N-])C(=O)OCc2ccccc2)OC1(C)C. The number of hydrogen-bond acceptors (Lipinski definition) is 8. The van der Waals surface area contributed by atoms with E-state index in [-0.39, 0.29) is 31.6 Å². The van der Waals surface area contributed by atoms with E-state index >= 15 is 0 Å². The molecule has 0 spiro atoms. The molecule has 2 amide bonds. The minimum atomic E-state index is -1.57. The summed E-state index contributed by atoms with van der Waals surface area (Å²) in [7, 11) is -0.418. The molecule has 4 rings (SSSR count). The summed E-state index contributed by atoms with van der Waals surface area (Å²) in [5, 5.41) is 4.04. The Balaban J connectivity index is 1.56. The summed E-state index contributed by atoms with van der Waals surface area (Å²) in [6.45, 7) is 11.2. The van der Waals surface area contributed by atoms with Crippen molar-refractivity contribution in [2.45, 2.75) is 96.6 Å². The number of likely N-dealkylation sites (tertiary alicyclic amines) is 1. The summed E-state index contributed by atoms with van der Waals surface area (Å²) in [5.74, 6) is -2.81. The van der Waals surface area contributed by atoms with E-state index in [9.17, 15) is 19.9 Å².